The third-order valence-electron chi connectivity index (χ3n) is 3.31. The zero-order valence-electron chi connectivity index (χ0n) is 11.4. The number of para-hydroxylation sites is 1. The average Bonchev–Trinajstić information content (AvgIpc) is 2.44. The van der Waals surface area contributed by atoms with Crippen LogP contribution in [0.4, 0.5) is 0 Å². The minimum atomic E-state index is -0.463. The molecule has 6 nitrogen and oxygen atoms in total. The predicted octanol–water partition coefficient (Wildman–Crippen LogP) is 0.642. The Morgan fingerprint density at radius 1 is 1.19 bits per heavy atom. The molecular formula is C15H13N3O3. The normalized spacial score (nSPS) is 15.2. The fourth-order valence-corrected chi connectivity index (χ4v) is 2.44. The van der Waals surface area contributed by atoms with E-state index >= 15 is 0 Å². The number of imide groups is 1. The molecule has 3 rings (SSSR count). The first-order valence-corrected chi connectivity index (χ1v) is 6.53. The van der Waals surface area contributed by atoms with Crippen LogP contribution >= 0.6 is 0 Å². The number of carbonyl (C=O) groups excluding carboxylic acids is 3. The maximum Gasteiger partial charge on any atom is 0.255 e. The van der Waals surface area contributed by atoms with Crippen LogP contribution in [0.15, 0.2) is 30.3 Å². The van der Waals surface area contributed by atoms with E-state index in [4.69, 9.17) is 0 Å². The molecule has 0 saturated carbocycles. The summed E-state index contributed by atoms with van der Waals surface area (Å²) in [6.45, 7) is 1.58. The predicted molar refractivity (Wildman–Crippen MR) is 75.5 cm³/mol. The van der Waals surface area contributed by atoms with E-state index in [1.54, 1.807) is 19.1 Å². The lowest BCUT2D eigenvalue weighted by molar-refractivity contribution is -0.135. The summed E-state index contributed by atoms with van der Waals surface area (Å²) >= 11 is 0. The molecule has 1 aliphatic heterocycles. The highest BCUT2D eigenvalue weighted by atomic mass is 16.2. The highest BCUT2D eigenvalue weighted by Gasteiger charge is 2.28. The molecule has 21 heavy (non-hydrogen) atoms. The molecule has 0 radical (unpaired) electrons. The summed E-state index contributed by atoms with van der Waals surface area (Å²) in [6, 6.07) is 8.99. The molecule has 0 aliphatic carbocycles. The van der Waals surface area contributed by atoms with Crippen molar-refractivity contribution in [3.8, 4) is 0 Å². The van der Waals surface area contributed by atoms with Crippen molar-refractivity contribution < 1.29 is 14.4 Å². The number of piperazine rings is 1. The van der Waals surface area contributed by atoms with Crippen LogP contribution in [-0.2, 0) is 9.59 Å². The third-order valence-corrected chi connectivity index (χ3v) is 3.31. The number of nitrogens with one attached hydrogen (secondary N) is 1. The van der Waals surface area contributed by atoms with Crippen LogP contribution in [-0.4, -0.2) is 40.7 Å². The van der Waals surface area contributed by atoms with Crippen molar-refractivity contribution in [1.29, 1.82) is 0 Å². The Balaban J connectivity index is 2.05. The van der Waals surface area contributed by atoms with Crippen LogP contribution in [0, 0.1) is 6.92 Å². The van der Waals surface area contributed by atoms with Gasteiger partial charge in [0.15, 0.2) is 0 Å². The molecule has 2 aromatic rings. The number of nitrogens with zero attached hydrogens (tertiary/aromatic N) is 2. The lowest BCUT2D eigenvalue weighted by atomic mass is 10.1. The molecule has 1 aromatic carbocycles. The van der Waals surface area contributed by atoms with Gasteiger partial charge >= 0.3 is 0 Å². The number of hydrogen-bond acceptors (Lipinski definition) is 4. The Morgan fingerprint density at radius 2 is 1.86 bits per heavy atom. The molecule has 2 heterocycles. The Labute approximate surface area is 120 Å². The summed E-state index contributed by atoms with van der Waals surface area (Å²) in [5.74, 6) is -1.26. The lowest BCUT2D eigenvalue weighted by Gasteiger charge is -2.26. The largest absolute Gasteiger partial charge is 0.320 e. The minimum absolute atomic E-state index is 0.111. The number of aryl methyl sites for hydroxylation is 1. The molecule has 106 valence electrons. The quantitative estimate of drug-likeness (QED) is 0.779. The minimum Gasteiger partial charge on any atom is -0.320 e. The van der Waals surface area contributed by atoms with Gasteiger partial charge < -0.3 is 4.90 Å². The van der Waals surface area contributed by atoms with E-state index in [-0.39, 0.29) is 19.0 Å². The van der Waals surface area contributed by atoms with E-state index in [1.165, 1.54) is 4.90 Å². The second-order valence-electron chi connectivity index (χ2n) is 4.96. The van der Waals surface area contributed by atoms with Gasteiger partial charge in [-0.05, 0) is 19.1 Å². The van der Waals surface area contributed by atoms with Crippen LogP contribution in [0.25, 0.3) is 10.9 Å². The van der Waals surface area contributed by atoms with Crippen molar-refractivity contribution in [2.45, 2.75) is 6.92 Å². The van der Waals surface area contributed by atoms with Crippen LogP contribution in [0.1, 0.15) is 16.1 Å². The second-order valence-corrected chi connectivity index (χ2v) is 4.96. The van der Waals surface area contributed by atoms with Crippen LogP contribution < -0.4 is 5.32 Å². The van der Waals surface area contributed by atoms with Gasteiger partial charge in [0, 0.05) is 11.1 Å². The van der Waals surface area contributed by atoms with Crippen molar-refractivity contribution >= 4 is 28.6 Å². The van der Waals surface area contributed by atoms with E-state index in [2.05, 4.69) is 10.3 Å². The van der Waals surface area contributed by atoms with Gasteiger partial charge in [0.25, 0.3) is 5.91 Å². The van der Waals surface area contributed by atoms with Crippen molar-refractivity contribution in [2.24, 2.45) is 0 Å². The van der Waals surface area contributed by atoms with Crippen molar-refractivity contribution in [3.05, 3.63) is 41.6 Å². The molecule has 0 unspecified atom stereocenters. The molecule has 1 fully saturated rings. The fraction of sp³-hybridized carbons (Fsp3) is 0.200. The number of benzene rings is 1. The zero-order valence-corrected chi connectivity index (χ0v) is 11.4. The summed E-state index contributed by atoms with van der Waals surface area (Å²) < 4.78 is 0. The Bertz CT molecular complexity index is 754. The van der Waals surface area contributed by atoms with Gasteiger partial charge in [-0.3, -0.25) is 24.7 Å². The molecular weight excluding hydrogens is 270 g/mol. The fourth-order valence-electron chi connectivity index (χ4n) is 2.44. The van der Waals surface area contributed by atoms with Crippen molar-refractivity contribution in [2.75, 3.05) is 13.1 Å². The monoisotopic (exact) mass is 283 g/mol. The molecule has 0 spiro atoms. The SMILES string of the molecule is Cc1cc(C(=O)N2CC(=O)NC(=O)C2)c2ccccc2n1. The van der Waals surface area contributed by atoms with Crippen molar-refractivity contribution in [3.63, 3.8) is 0 Å². The highest BCUT2D eigenvalue weighted by Crippen LogP contribution is 2.20. The molecule has 1 saturated heterocycles. The third kappa shape index (κ3) is 2.47. The molecule has 0 bridgehead atoms. The van der Waals surface area contributed by atoms with Gasteiger partial charge in [-0.1, -0.05) is 18.2 Å². The molecule has 6 heteroatoms. The maximum atomic E-state index is 12.6. The Morgan fingerprint density at radius 3 is 2.57 bits per heavy atom. The van der Waals surface area contributed by atoms with E-state index in [1.807, 2.05) is 18.2 Å². The lowest BCUT2D eigenvalue weighted by Crippen LogP contribution is -2.53. The standard InChI is InChI=1S/C15H13N3O3/c1-9-6-11(10-4-2-3-5-12(10)16-9)15(21)18-7-13(19)17-14(20)8-18/h2-6H,7-8H2,1H3,(H,17,19,20). The summed E-state index contributed by atoms with van der Waals surface area (Å²) in [7, 11) is 0. The first-order valence-electron chi connectivity index (χ1n) is 6.53. The summed E-state index contributed by atoms with van der Waals surface area (Å²) in [5, 5.41) is 2.89. The topological polar surface area (TPSA) is 79.4 Å². The number of aromatic nitrogens is 1. The summed E-state index contributed by atoms with van der Waals surface area (Å²) in [5.41, 5.74) is 1.89. The van der Waals surface area contributed by atoms with E-state index < -0.39 is 11.8 Å². The first-order chi connectivity index (χ1) is 10.0. The van der Waals surface area contributed by atoms with E-state index in [9.17, 15) is 14.4 Å². The van der Waals surface area contributed by atoms with Gasteiger partial charge in [-0.15, -0.1) is 0 Å². The zero-order chi connectivity index (χ0) is 15.0. The van der Waals surface area contributed by atoms with Crippen molar-refractivity contribution in [1.82, 2.24) is 15.2 Å². The summed E-state index contributed by atoms with van der Waals surface area (Å²) in [6.07, 6.45) is 0. The van der Waals surface area contributed by atoms with E-state index in [0.717, 1.165) is 0 Å². The number of fused-ring (bicyclic) bond motifs is 1. The maximum absolute atomic E-state index is 12.6. The number of carbonyl (C=O) groups is 3. The van der Waals surface area contributed by atoms with Gasteiger partial charge in [0.2, 0.25) is 11.8 Å². The van der Waals surface area contributed by atoms with Crippen LogP contribution in [0.2, 0.25) is 0 Å². The van der Waals surface area contributed by atoms with Crippen LogP contribution in [0.5, 0.6) is 0 Å². The Hall–Kier alpha value is -2.76. The molecule has 1 N–H and O–H groups in total. The number of hydrogen-bond donors (Lipinski definition) is 1. The highest BCUT2D eigenvalue weighted by molar-refractivity contribution is 6.10. The van der Waals surface area contributed by atoms with E-state index in [0.29, 0.717) is 22.2 Å². The van der Waals surface area contributed by atoms with Crippen LogP contribution in [0.3, 0.4) is 0 Å². The molecule has 3 amide bonds. The average molecular weight is 283 g/mol. The number of pyridine rings is 1. The van der Waals surface area contributed by atoms with Gasteiger partial charge in [0.05, 0.1) is 11.1 Å². The molecule has 1 aliphatic rings. The molecule has 1 aromatic heterocycles. The molecule has 0 atom stereocenters. The summed E-state index contributed by atoms with van der Waals surface area (Å²) in [4.78, 5) is 41.1. The first kappa shape index (κ1) is 13.2. The number of amides is 3. The smallest absolute Gasteiger partial charge is 0.255 e. The van der Waals surface area contributed by atoms with Gasteiger partial charge in [-0.2, -0.15) is 0 Å². The van der Waals surface area contributed by atoms with Gasteiger partial charge in [-0.25, -0.2) is 0 Å². The Kier molecular flexibility index (Phi) is 3.13. The van der Waals surface area contributed by atoms with Gasteiger partial charge in [0.1, 0.15) is 13.1 Å². The second kappa shape index (κ2) is 4.97. The number of rotatable bonds is 1.